The minimum atomic E-state index is -0.493. The summed E-state index contributed by atoms with van der Waals surface area (Å²) in [5, 5.41) is 3.08. The van der Waals surface area contributed by atoms with Crippen molar-refractivity contribution in [3.63, 3.8) is 0 Å². The molecule has 0 heterocycles. The zero-order chi connectivity index (χ0) is 18.2. The highest BCUT2D eigenvalue weighted by Crippen LogP contribution is 2.24. The SMILES string of the molecule is NC(=O)NC(Cc1ccccc1)(Cc1ccccc1)Cc1ccccc1. The van der Waals surface area contributed by atoms with Crippen LogP contribution in [0.1, 0.15) is 16.7 Å². The van der Waals surface area contributed by atoms with Gasteiger partial charge in [-0.2, -0.15) is 0 Å². The van der Waals surface area contributed by atoms with Crippen LogP contribution in [0.5, 0.6) is 0 Å². The Balaban J connectivity index is 1.98. The van der Waals surface area contributed by atoms with E-state index in [4.69, 9.17) is 5.73 Å². The zero-order valence-electron chi connectivity index (χ0n) is 14.8. The van der Waals surface area contributed by atoms with E-state index in [1.807, 2.05) is 54.6 Å². The molecule has 0 aliphatic rings. The Kier molecular flexibility index (Phi) is 5.69. The lowest BCUT2D eigenvalue weighted by Gasteiger charge is -2.35. The second-order valence-electron chi connectivity index (χ2n) is 6.76. The fourth-order valence-corrected chi connectivity index (χ4v) is 3.54. The van der Waals surface area contributed by atoms with Gasteiger partial charge in [0.15, 0.2) is 0 Å². The van der Waals surface area contributed by atoms with Crippen LogP contribution in [0.25, 0.3) is 0 Å². The Bertz CT molecular complexity index is 715. The fraction of sp³-hybridized carbons (Fsp3) is 0.174. The molecule has 0 radical (unpaired) electrons. The lowest BCUT2D eigenvalue weighted by atomic mass is 9.79. The van der Waals surface area contributed by atoms with Gasteiger partial charge in [0.1, 0.15) is 0 Å². The van der Waals surface area contributed by atoms with Crippen LogP contribution in [-0.4, -0.2) is 11.6 Å². The van der Waals surface area contributed by atoms with Crippen LogP contribution in [0.4, 0.5) is 4.79 Å². The van der Waals surface area contributed by atoms with Gasteiger partial charge in [-0.1, -0.05) is 91.0 Å². The number of benzene rings is 3. The van der Waals surface area contributed by atoms with Gasteiger partial charge in [0.25, 0.3) is 0 Å². The second kappa shape index (κ2) is 8.34. The summed E-state index contributed by atoms with van der Waals surface area (Å²) < 4.78 is 0. The highest BCUT2D eigenvalue weighted by atomic mass is 16.2. The van der Waals surface area contributed by atoms with Crippen LogP contribution < -0.4 is 11.1 Å². The third-order valence-electron chi connectivity index (χ3n) is 4.54. The number of urea groups is 1. The van der Waals surface area contributed by atoms with Crippen molar-refractivity contribution >= 4 is 6.03 Å². The fourth-order valence-electron chi connectivity index (χ4n) is 3.54. The molecule has 2 amide bonds. The van der Waals surface area contributed by atoms with Crippen molar-refractivity contribution in [2.24, 2.45) is 5.73 Å². The first-order valence-electron chi connectivity index (χ1n) is 8.85. The van der Waals surface area contributed by atoms with Crippen molar-refractivity contribution in [2.75, 3.05) is 0 Å². The predicted octanol–water partition coefficient (Wildman–Crippen LogP) is 4.12. The summed E-state index contributed by atoms with van der Waals surface area (Å²) in [5.74, 6) is 0. The summed E-state index contributed by atoms with van der Waals surface area (Å²) in [6.45, 7) is 0. The monoisotopic (exact) mass is 344 g/mol. The molecule has 0 aromatic heterocycles. The Morgan fingerprint density at radius 3 is 1.23 bits per heavy atom. The molecule has 3 aromatic rings. The molecule has 0 bridgehead atoms. The maximum absolute atomic E-state index is 11.9. The summed E-state index contributed by atoms with van der Waals surface area (Å²) in [6.07, 6.45) is 2.13. The van der Waals surface area contributed by atoms with E-state index in [-0.39, 0.29) is 0 Å². The van der Waals surface area contributed by atoms with E-state index in [0.29, 0.717) is 19.3 Å². The molecule has 0 aliphatic carbocycles. The first-order valence-corrected chi connectivity index (χ1v) is 8.85. The first kappa shape index (κ1) is 17.7. The summed E-state index contributed by atoms with van der Waals surface area (Å²) in [5.41, 5.74) is 8.62. The smallest absolute Gasteiger partial charge is 0.312 e. The molecule has 0 saturated heterocycles. The molecular formula is C23H24N2O. The molecule has 132 valence electrons. The molecule has 26 heavy (non-hydrogen) atoms. The number of carbonyl (C=O) groups is 1. The predicted molar refractivity (Wildman–Crippen MR) is 106 cm³/mol. The minimum absolute atomic E-state index is 0.490. The number of carbonyl (C=O) groups excluding carboxylic acids is 1. The van der Waals surface area contributed by atoms with Crippen molar-refractivity contribution in [3.05, 3.63) is 108 Å². The number of hydrogen-bond donors (Lipinski definition) is 2. The standard InChI is InChI=1S/C23H24N2O/c24-22(26)25-23(16-19-10-4-1-5-11-19,17-20-12-6-2-7-13-20)18-21-14-8-3-9-15-21/h1-15H,16-18H2,(H3,24,25,26). The highest BCUT2D eigenvalue weighted by molar-refractivity contribution is 5.73. The number of nitrogens with two attached hydrogens (primary N) is 1. The van der Waals surface area contributed by atoms with Gasteiger partial charge < -0.3 is 11.1 Å². The summed E-state index contributed by atoms with van der Waals surface area (Å²) in [6, 6.07) is 30.2. The molecule has 0 saturated carbocycles. The molecule has 0 aliphatic heterocycles. The van der Waals surface area contributed by atoms with Gasteiger partial charge >= 0.3 is 6.03 Å². The van der Waals surface area contributed by atoms with Crippen LogP contribution in [0.2, 0.25) is 0 Å². The number of nitrogens with one attached hydrogen (secondary N) is 1. The Hall–Kier alpha value is -3.07. The Morgan fingerprint density at radius 2 is 0.962 bits per heavy atom. The van der Waals surface area contributed by atoms with Gasteiger partial charge in [0.2, 0.25) is 0 Å². The molecule has 0 unspecified atom stereocenters. The third-order valence-corrected chi connectivity index (χ3v) is 4.54. The van der Waals surface area contributed by atoms with Crippen LogP contribution >= 0.6 is 0 Å². The molecule has 0 fully saturated rings. The van der Waals surface area contributed by atoms with Crippen LogP contribution in [0.3, 0.4) is 0 Å². The van der Waals surface area contributed by atoms with Crippen LogP contribution in [0.15, 0.2) is 91.0 Å². The molecule has 3 heteroatoms. The average Bonchev–Trinajstić information content (AvgIpc) is 2.63. The molecule has 3 N–H and O–H groups in total. The molecule has 0 atom stereocenters. The normalized spacial score (nSPS) is 11.1. The Morgan fingerprint density at radius 1 is 0.654 bits per heavy atom. The van der Waals surface area contributed by atoms with Crippen molar-refractivity contribution < 1.29 is 4.79 Å². The van der Waals surface area contributed by atoms with E-state index in [2.05, 4.69) is 41.7 Å². The van der Waals surface area contributed by atoms with Crippen molar-refractivity contribution in [1.29, 1.82) is 0 Å². The van der Waals surface area contributed by atoms with Crippen molar-refractivity contribution in [3.8, 4) is 0 Å². The van der Waals surface area contributed by atoms with E-state index < -0.39 is 11.6 Å². The van der Waals surface area contributed by atoms with Gasteiger partial charge in [0.05, 0.1) is 5.54 Å². The summed E-state index contributed by atoms with van der Waals surface area (Å²) in [7, 11) is 0. The van der Waals surface area contributed by atoms with E-state index in [9.17, 15) is 4.79 Å². The second-order valence-corrected chi connectivity index (χ2v) is 6.76. The van der Waals surface area contributed by atoms with Gasteiger partial charge in [-0.3, -0.25) is 0 Å². The topological polar surface area (TPSA) is 55.1 Å². The highest BCUT2D eigenvalue weighted by Gasteiger charge is 2.32. The number of hydrogen-bond acceptors (Lipinski definition) is 1. The lowest BCUT2D eigenvalue weighted by molar-refractivity contribution is 0.230. The molecule has 3 aromatic carbocycles. The van der Waals surface area contributed by atoms with E-state index >= 15 is 0 Å². The van der Waals surface area contributed by atoms with Crippen LogP contribution in [-0.2, 0) is 19.3 Å². The molecule has 0 spiro atoms. The first-order chi connectivity index (χ1) is 12.7. The largest absolute Gasteiger partial charge is 0.352 e. The maximum atomic E-state index is 11.9. The van der Waals surface area contributed by atoms with Crippen molar-refractivity contribution in [2.45, 2.75) is 24.8 Å². The Labute approximate surface area is 154 Å². The van der Waals surface area contributed by atoms with Crippen LogP contribution in [0, 0.1) is 0 Å². The molecular weight excluding hydrogens is 320 g/mol. The zero-order valence-corrected chi connectivity index (χ0v) is 14.8. The quantitative estimate of drug-likeness (QED) is 0.665. The van der Waals surface area contributed by atoms with E-state index in [1.165, 1.54) is 16.7 Å². The van der Waals surface area contributed by atoms with E-state index in [1.54, 1.807) is 0 Å². The van der Waals surface area contributed by atoms with Gasteiger partial charge in [-0.05, 0) is 36.0 Å². The summed E-state index contributed by atoms with van der Waals surface area (Å²) >= 11 is 0. The van der Waals surface area contributed by atoms with Gasteiger partial charge in [-0.15, -0.1) is 0 Å². The molecule has 3 nitrogen and oxygen atoms in total. The average molecular weight is 344 g/mol. The van der Waals surface area contributed by atoms with E-state index in [0.717, 1.165) is 0 Å². The lowest BCUT2D eigenvalue weighted by Crippen LogP contribution is -2.55. The number of amides is 2. The minimum Gasteiger partial charge on any atom is -0.352 e. The number of rotatable bonds is 7. The van der Waals surface area contributed by atoms with Gasteiger partial charge in [-0.25, -0.2) is 4.79 Å². The molecule has 3 rings (SSSR count). The number of primary amides is 1. The third kappa shape index (κ3) is 4.96. The van der Waals surface area contributed by atoms with Gasteiger partial charge in [0, 0.05) is 0 Å². The summed E-state index contributed by atoms with van der Waals surface area (Å²) in [4.78, 5) is 11.9. The van der Waals surface area contributed by atoms with Crippen molar-refractivity contribution in [1.82, 2.24) is 5.32 Å². The maximum Gasteiger partial charge on any atom is 0.312 e.